The van der Waals surface area contributed by atoms with Crippen LogP contribution in [0.3, 0.4) is 0 Å². The van der Waals surface area contributed by atoms with E-state index in [1.807, 2.05) is 30.3 Å². The molecular weight excluding hydrogens is 290 g/mol. The molecule has 1 aromatic rings. The molecule has 116 valence electrons. The minimum absolute atomic E-state index is 0. The Kier molecular flexibility index (Phi) is 6.18. The SMILES string of the molecule is CC(C(=O)N1CCCC1C(N)=O)C(N)c1ccccc1.Cl. The van der Waals surface area contributed by atoms with Gasteiger partial charge in [-0.3, -0.25) is 9.59 Å². The lowest BCUT2D eigenvalue weighted by molar-refractivity contribution is -0.140. The second-order valence-electron chi connectivity index (χ2n) is 5.32. The fourth-order valence-electron chi connectivity index (χ4n) is 2.71. The summed E-state index contributed by atoms with van der Waals surface area (Å²) in [6, 6.07) is 8.66. The molecule has 1 fully saturated rings. The van der Waals surface area contributed by atoms with Gasteiger partial charge in [-0.05, 0) is 18.4 Å². The molecule has 2 rings (SSSR count). The third-order valence-electron chi connectivity index (χ3n) is 3.98. The van der Waals surface area contributed by atoms with Crippen LogP contribution in [0.2, 0.25) is 0 Å². The van der Waals surface area contributed by atoms with Crippen molar-refractivity contribution >= 4 is 24.2 Å². The van der Waals surface area contributed by atoms with Crippen molar-refractivity contribution in [2.75, 3.05) is 6.54 Å². The van der Waals surface area contributed by atoms with E-state index in [1.165, 1.54) is 0 Å². The van der Waals surface area contributed by atoms with Crippen molar-refractivity contribution in [1.82, 2.24) is 4.90 Å². The standard InChI is InChI=1S/C15H21N3O2.ClH/c1-10(13(16)11-6-3-2-4-7-11)15(20)18-9-5-8-12(18)14(17)19;/h2-4,6-7,10,12-13H,5,8-9,16H2,1H3,(H2,17,19);1H. The van der Waals surface area contributed by atoms with Crippen molar-refractivity contribution in [3.05, 3.63) is 35.9 Å². The molecule has 5 nitrogen and oxygen atoms in total. The Morgan fingerprint density at radius 1 is 1.29 bits per heavy atom. The largest absolute Gasteiger partial charge is 0.368 e. The predicted octanol–water partition coefficient (Wildman–Crippen LogP) is 1.22. The van der Waals surface area contributed by atoms with Crippen molar-refractivity contribution in [2.45, 2.75) is 31.8 Å². The number of rotatable bonds is 4. The van der Waals surface area contributed by atoms with Gasteiger partial charge in [0.15, 0.2) is 0 Å². The monoisotopic (exact) mass is 311 g/mol. The van der Waals surface area contributed by atoms with E-state index in [0.717, 1.165) is 12.0 Å². The van der Waals surface area contributed by atoms with Crippen molar-refractivity contribution < 1.29 is 9.59 Å². The van der Waals surface area contributed by atoms with Gasteiger partial charge in [0.05, 0.1) is 5.92 Å². The molecule has 2 amide bonds. The third-order valence-corrected chi connectivity index (χ3v) is 3.98. The number of hydrogen-bond donors (Lipinski definition) is 2. The second kappa shape index (κ2) is 7.43. The molecule has 1 aromatic carbocycles. The zero-order valence-electron chi connectivity index (χ0n) is 12.1. The van der Waals surface area contributed by atoms with Crippen LogP contribution < -0.4 is 11.5 Å². The molecule has 1 saturated heterocycles. The Morgan fingerprint density at radius 3 is 2.48 bits per heavy atom. The van der Waals surface area contributed by atoms with Gasteiger partial charge in [0.2, 0.25) is 11.8 Å². The molecule has 0 aliphatic carbocycles. The van der Waals surface area contributed by atoms with E-state index in [4.69, 9.17) is 11.5 Å². The van der Waals surface area contributed by atoms with Crippen molar-refractivity contribution in [3.8, 4) is 0 Å². The molecule has 1 heterocycles. The summed E-state index contributed by atoms with van der Waals surface area (Å²) in [4.78, 5) is 25.5. The van der Waals surface area contributed by atoms with Crippen LogP contribution in [0.15, 0.2) is 30.3 Å². The van der Waals surface area contributed by atoms with Gasteiger partial charge in [-0.1, -0.05) is 37.3 Å². The summed E-state index contributed by atoms with van der Waals surface area (Å²) < 4.78 is 0. The van der Waals surface area contributed by atoms with Crippen LogP contribution in [-0.4, -0.2) is 29.3 Å². The Labute approximate surface area is 131 Å². The number of halogens is 1. The highest BCUT2D eigenvalue weighted by molar-refractivity contribution is 5.88. The lowest BCUT2D eigenvalue weighted by atomic mass is 9.94. The first-order valence-electron chi connectivity index (χ1n) is 6.92. The Hall–Kier alpha value is -1.59. The van der Waals surface area contributed by atoms with E-state index in [2.05, 4.69) is 0 Å². The summed E-state index contributed by atoms with van der Waals surface area (Å²) in [5.41, 5.74) is 12.4. The zero-order valence-corrected chi connectivity index (χ0v) is 12.9. The van der Waals surface area contributed by atoms with E-state index in [0.29, 0.717) is 13.0 Å². The Bertz CT molecular complexity index is 495. The summed E-state index contributed by atoms with van der Waals surface area (Å²) >= 11 is 0. The molecule has 3 atom stereocenters. The summed E-state index contributed by atoms with van der Waals surface area (Å²) in [6.45, 7) is 2.38. The molecule has 3 unspecified atom stereocenters. The number of benzene rings is 1. The van der Waals surface area contributed by atoms with E-state index in [1.54, 1.807) is 11.8 Å². The van der Waals surface area contributed by atoms with Crippen LogP contribution in [0.25, 0.3) is 0 Å². The fraction of sp³-hybridized carbons (Fsp3) is 0.467. The van der Waals surface area contributed by atoms with Crippen LogP contribution in [0, 0.1) is 5.92 Å². The van der Waals surface area contributed by atoms with Gasteiger partial charge < -0.3 is 16.4 Å². The quantitative estimate of drug-likeness (QED) is 0.876. The molecule has 0 aromatic heterocycles. The number of amides is 2. The van der Waals surface area contributed by atoms with Gasteiger partial charge in [0.1, 0.15) is 6.04 Å². The van der Waals surface area contributed by atoms with Gasteiger partial charge in [-0.25, -0.2) is 0 Å². The molecule has 21 heavy (non-hydrogen) atoms. The smallest absolute Gasteiger partial charge is 0.240 e. The number of likely N-dealkylation sites (tertiary alicyclic amines) is 1. The maximum Gasteiger partial charge on any atom is 0.240 e. The fourth-order valence-corrected chi connectivity index (χ4v) is 2.71. The summed E-state index contributed by atoms with van der Waals surface area (Å²) in [7, 11) is 0. The van der Waals surface area contributed by atoms with Crippen LogP contribution in [-0.2, 0) is 9.59 Å². The molecule has 0 spiro atoms. The van der Waals surface area contributed by atoms with E-state index < -0.39 is 11.9 Å². The zero-order chi connectivity index (χ0) is 14.7. The number of nitrogens with zero attached hydrogens (tertiary/aromatic N) is 1. The first-order valence-corrected chi connectivity index (χ1v) is 6.92. The van der Waals surface area contributed by atoms with Crippen LogP contribution >= 0.6 is 12.4 Å². The number of primary amides is 1. The van der Waals surface area contributed by atoms with Crippen molar-refractivity contribution in [3.63, 3.8) is 0 Å². The molecule has 0 saturated carbocycles. The second-order valence-corrected chi connectivity index (χ2v) is 5.32. The average molecular weight is 312 g/mol. The molecule has 4 N–H and O–H groups in total. The van der Waals surface area contributed by atoms with Crippen LogP contribution in [0.1, 0.15) is 31.4 Å². The Balaban J connectivity index is 0.00000220. The molecule has 1 aliphatic heterocycles. The highest BCUT2D eigenvalue weighted by Gasteiger charge is 2.36. The number of nitrogens with two attached hydrogens (primary N) is 2. The number of carbonyl (C=O) groups excluding carboxylic acids is 2. The normalized spacial score (nSPS) is 20.5. The third kappa shape index (κ3) is 3.74. The minimum Gasteiger partial charge on any atom is -0.368 e. The van der Waals surface area contributed by atoms with Crippen LogP contribution in [0.4, 0.5) is 0 Å². The first-order chi connectivity index (χ1) is 9.52. The van der Waals surface area contributed by atoms with Gasteiger partial charge in [-0.15, -0.1) is 12.4 Å². The van der Waals surface area contributed by atoms with E-state index >= 15 is 0 Å². The van der Waals surface area contributed by atoms with Crippen LogP contribution in [0.5, 0.6) is 0 Å². The maximum absolute atomic E-state index is 12.5. The maximum atomic E-state index is 12.5. The predicted molar refractivity (Wildman–Crippen MR) is 83.7 cm³/mol. The summed E-state index contributed by atoms with van der Waals surface area (Å²) in [5, 5.41) is 0. The summed E-state index contributed by atoms with van der Waals surface area (Å²) in [5.74, 6) is -0.906. The topological polar surface area (TPSA) is 89.4 Å². The van der Waals surface area contributed by atoms with Gasteiger partial charge in [0, 0.05) is 12.6 Å². The molecular formula is C15H22ClN3O2. The van der Waals surface area contributed by atoms with Crippen molar-refractivity contribution in [2.24, 2.45) is 17.4 Å². The first kappa shape index (κ1) is 17.5. The molecule has 0 radical (unpaired) electrons. The lowest BCUT2D eigenvalue weighted by Crippen LogP contribution is -2.47. The number of hydrogen-bond acceptors (Lipinski definition) is 3. The Morgan fingerprint density at radius 2 is 1.90 bits per heavy atom. The van der Waals surface area contributed by atoms with Gasteiger partial charge in [-0.2, -0.15) is 0 Å². The number of carbonyl (C=O) groups is 2. The average Bonchev–Trinajstić information content (AvgIpc) is 2.95. The molecule has 1 aliphatic rings. The molecule has 6 heteroatoms. The summed E-state index contributed by atoms with van der Waals surface area (Å²) in [6.07, 6.45) is 1.46. The highest BCUT2D eigenvalue weighted by atomic mass is 35.5. The highest BCUT2D eigenvalue weighted by Crippen LogP contribution is 2.25. The van der Waals surface area contributed by atoms with Gasteiger partial charge in [0.25, 0.3) is 0 Å². The minimum atomic E-state index is -0.479. The van der Waals surface area contributed by atoms with E-state index in [-0.39, 0.29) is 30.3 Å². The molecule has 0 bridgehead atoms. The van der Waals surface area contributed by atoms with Crippen molar-refractivity contribution in [1.29, 1.82) is 0 Å². The van der Waals surface area contributed by atoms with E-state index in [9.17, 15) is 9.59 Å². The van der Waals surface area contributed by atoms with Gasteiger partial charge >= 0.3 is 0 Å². The lowest BCUT2D eigenvalue weighted by Gasteiger charge is -2.28.